The molecule has 2 nitrogen and oxygen atoms in total. The number of nitrogens with zero attached hydrogens (tertiary/aromatic N) is 1. The molecule has 1 aromatic heterocycles. The third-order valence-corrected chi connectivity index (χ3v) is 5.21. The van der Waals surface area contributed by atoms with Crippen LogP contribution in [0.1, 0.15) is 20.6 Å². The summed E-state index contributed by atoms with van der Waals surface area (Å²) in [5, 5.41) is 1.45. The van der Waals surface area contributed by atoms with Gasteiger partial charge in [-0.1, -0.05) is 12.1 Å². The van der Waals surface area contributed by atoms with Gasteiger partial charge in [-0.3, -0.25) is 4.79 Å². The third kappa shape index (κ3) is 2.45. The summed E-state index contributed by atoms with van der Waals surface area (Å²) < 4.78 is 26.9. The van der Waals surface area contributed by atoms with E-state index in [0.717, 1.165) is 11.8 Å². The minimum Gasteiger partial charge on any atom is -0.321 e. The molecular weight excluding hydrogens is 300 g/mol. The molecule has 1 saturated heterocycles. The number of hydrogen-bond donors (Lipinski definition) is 0. The Labute approximate surface area is 123 Å². The number of rotatable bonds is 2. The fourth-order valence-corrected chi connectivity index (χ4v) is 4.14. The molecule has 0 unspecified atom stereocenters. The summed E-state index contributed by atoms with van der Waals surface area (Å²) >= 11 is 2.86. The Morgan fingerprint density at radius 3 is 2.85 bits per heavy atom. The SMILES string of the molecule is O=C(c1cccs1)N1CCS[C@H]1c1ccc(F)cc1F. The molecule has 0 bridgehead atoms. The highest BCUT2D eigenvalue weighted by Gasteiger charge is 2.33. The van der Waals surface area contributed by atoms with Crippen molar-refractivity contribution in [3.05, 3.63) is 57.8 Å². The second-order valence-electron chi connectivity index (χ2n) is 4.36. The highest BCUT2D eigenvalue weighted by molar-refractivity contribution is 7.99. The van der Waals surface area contributed by atoms with E-state index in [0.29, 0.717) is 17.0 Å². The van der Waals surface area contributed by atoms with Crippen LogP contribution in [0, 0.1) is 11.6 Å². The predicted octanol–water partition coefficient (Wildman–Crippen LogP) is 3.91. The number of halogens is 2. The molecule has 1 aliphatic rings. The summed E-state index contributed by atoms with van der Waals surface area (Å²) in [7, 11) is 0. The van der Waals surface area contributed by atoms with Gasteiger partial charge in [0.25, 0.3) is 5.91 Å². The van der Waals surface area contributed by atoms with Crippen molar-refractivity contribution in [2.75, 3.05) is 12.3 Å². The summed E-state index contributed by atoms with van der Waals surface area (Å²) in [5.41, 5.74) is 0.360. The minimum absolute atomic E-state index is 0.0984. The van der Waals surface area contributed by atoms with E-state index in [9.17, 15) is 13.6 Å². The van der Waals surface area contributed by atoms with Crippen LogP contribution in [0.2, 0.25) is 0 Å². The molecular formula is C14H11F2NOS2. The van der Waals surface area contributed by atoms with Gasteiger partial charge in [-0.25, -0.2) is 8.78 Å². The maximum absolute atomic E-state index is 13.9. The topological polar surface area (TPSA) is 20.3 Å². The molecule has 2 aromatic rings. The summed E-state index contributed by atoms with van der Waals surface area (Å²) in [6, 6.07) is 7.08. The Morgan fingerprint density at radius 1 is 1.30 bits per heavy atom. The fourth-order valence-electron chi connectivity index (χ4n) is 2.18. The Hall–Kier alpha value is -1.40. The van der Waals surface area contributed by atoms with Crippen molar-refractivity contribution in [2.45, 2.75) is 5.37 Å². The average Bonchev–Trinajstić information content (AvgIpc) is 3.09. The zero-order valence-electron chi connectivity index (χ0n) is 10.4. The van der Waals surface area contributed by atoms with E-state index < -0.39 is 11.6 Å². The quantitative estimate of drug-likeness (QED) is 0.838. The lowest BCUT2D eigenvalue weighted by Gasteiger charge is -2.24. The number of carbonyl (C=O) groups excluding carboxylic acids is 1. The molecule has 6 heteroatoms. The summed E-state index contributed by atoms with van der Waals surface area (Å²) in [6.07, 6.45) is 0. The van der Waals surface area contributed by atoms with Crippen molar-refractivity contribution in [3.63, 3.8) is 0 Å². The first-order chi connectivity index (χ1) is 9.66. The van der Waals surface area contributed by atoms with E-state index in [2.05, 4.69) is 0 Å². The third-order valence-electron chi connectivity index (χ3n) is 3.11. The lowest BCUT2D eigenvalue weighted by atomic mass is 10.2. The van der Waals surface area contributed by atoms with Crippen LogP contribution < -0.4 is 0 Å². The molecule has 0 aliphatic carbocycles. The number of amides is 1. The van der Waals surface area contributed by atoms with Crippen LogP contribution in [0.3, 0.4) is 0 Å². The van der Waals surface area contributed by atoms with Gasteiger partial charge in [0.05, 0.1) is 4.88 Å². The first kappa shape index (κ1) is 13.6. The number of carbonyl (C=O) groups is 1. The van der Waals surface area contributed by atoms with Gasteiger partial charge in [0, 0.05) is 23.9 Å². The van der Waals surface area contributed by atoms with Gasteiger partial charge in [0.15, 0.2) is 0 Å². The van der Waals surface area contributed by atoms with Crippen LogP contribution >= 0.6 is 23.1 Å². The average molecular weight is 311 g/mol. The van der Waals surface area contributed by atoms with Gasteiger partial charge in [-0.15, -0.1) is 23.1 Å². The van der Waals surface area contributed by atoms with E-state index in [1.54, 1.807) is 11.0 Å². The van der Waals surface area contributed by atoms with Crippen LogP contribution in [0.4, 0.5) is 8.78 Å². The molecule has 1 fully saturated rings. The van der Waals surface area contributed by atoms with Gasteiger partial charge in [-0.2, -0.15) is 0 Å². The smallest absolute Gasteiger partial charge is 0.265 e. The van der Waals surface area contributed by atoms with Gasteiger partial charge < -0.3 is 4.90 Å². The monoisotopic (exact) mass is 311 g/mol. The fraction of sp³-hybridized carbons (Fsp3) is 0.214. The van der Waals surface area contributed by atoms with Crippen LogP contribution in [-0.2, 0) is 0 Å². The minimum atomic E-state index is -0.606. The molecule has 0 saturated carbocycles. The maximum Gasteiger partial charge on any atom is 0.265 e. The van der Waals surface area contributed by atoms with Crippen LogP contribution in [0.15, 0.2) is 35.7 Å². The van der Waals surface area contributed by atoms with Crippen molar-refractivity contribution in [1.82, 2.24) is 4.90 Å². The molecule has 104 valence electrons. The van der Waals surface area contributed by atoms with Crippen LogP contribution in [-0.4, -0.2) is 23.1 Å². The van der Waals surface area contributed by atoms with Crippen molar-refractivity contribution < 1.29 is 13.6 Å². The molecule has 0 radical (unpaired) electrons. The molecule has 1 aliphatic heterocycles. The van der Waals surface area contributed by atoms with E-state index in [4.69, 9.17) is 0 Å². The lowest BCUT2D eigenvalue weighted by Crippen LogP contribution is -2.30. The van der Waals surface area contributed by atoms with E-state index in [-0.39, 0.29) is 11.3 Å². The Kier molecular flexibility index (Phi) is 3.76. The molecule has 0 spiro atoms. The summed E-state index contributed by atoms with van der Waals surface area (Å²) in [4.78, 5) is 14.7. The summed E-state index contributed by atoms with van der Waals surface area (Å²) in [6.45, 7) is 0.572. The zero-order chi connectivity index (χ0) is 14.1. The number of thioether (sulfide) groups is 1. The van der Waals surface area contributed by atoms with Crippen LogP contribution in [0.25, 0.3) is 0 Å². The lowest BCUT2D eigenvalue weighted by molar-refractivity contribution is 0.0764. The van der Waals surface area contributed by atoms with Gasteiger partial charge >= 0.3 is 0 Å². The van der Waals surface area contributed by atoms with Crippen molar-refractivity contribution in [2.24, 2.45) is 0 Å². The second kappa shape index (κ2) is 5.54. The zero-order valence-corrected chi connectivity index (χ0v) is 12.0. The molecule has 1 aromatic carbocycles. The Balaban J connectivity index is 1.91. The second-order valence-corrected chi connectivity index (χ2v) is 6.50. The molecule has 0 N–H and O–H groups in total. The maximum atomic E-state index is 13.9. The Morgan fingerprint density at radius 2 is 2.15 bits per heavy atom. The van der Waals surface area contributed by atoms with Crippen molar-refractivity contribution in [1.29, 1.82) is 0 Å². The molecule has 20 heavy (non-hydrogen) atoms. The molecule has 1 atom stereocenters. The summed E-state index contributed by atoms with van der Waals surface area (Å²) in [5.74, 6) is -0.559. The van der Waals surface area contributed by atoms with Crippen LogP contribution in [0.5, 0.6) is 0 Å². The van der Waals surface area contributed by atoms with Crippen molar-refractivity contribution >= 4 is 29.0 Å². The molecule has 2 heterocycles. The Bertz CT molecular complexity index is 630. The number of thiophene rings is 1. The standard InChI is InChI=1S/C14H11F2NOS2/c15-9-3-4-10(11(16)8-9)14-17(5-7-20-14)13(18)12-2-1-6-19-12/h1-4,6,8,14H,5,7H2/t14-/m0/s1. The highest BCUT2D eigenvalue weighted by Crippen LogP contribution is 2.40. The van der Waals surface area contributed by atoms with Gasteiger partial charge in [0.1, 0.15) is 17.0 Å². The number of benzene rings is 1. The van der Waals surface area contributed by atoms with E-state index in [1.165, 1.54) is 35.2 Å². The highest BCUT2D eigenvalue weighted by atomic mass is 32.2. The first-order valence-corrected chi connectivity index (χ1v) is 8.00. The van der Waals surface area contributed by atoms with Gasteiger partial charge in [0.2, 0.25) is 0 Å². The normalized spacial score (nSPS) is 18.5. The molecule has 3 rings (SSSR count). The van der Waals surface area contributed by atoms with E-state index >= 15 is 0 Å². The molecule has 1 amide bonds. The number of hydrogen-bond acceptors (Lipinski definition) is 3. The largest absolute Gasteiger partial charge is 0.321 e. The first-order valence-electron chi connectivity index (χ1n) is 6.08. The van der Waals surface area contributed by atoms with Gasteiger partial charge in [-0.05, 0) is 17.5 Å². The predicted molar refractivity (Wildman–Crippen MR) is 76.9 cm³/mol. The van der Waals surface area contributed by atoms with E-state index in [1.807, 2.05) is 11.4 Å². The van der Waals surface area contributed by atoms with Crippen molar-refractivity contribution in [3.8, 4) is 0 Å².